The summed E-state index contributed by atoms with van der Waals surface area (Å²) in [5.74, 6) is 0.637. The summed E-state index contributed by atoms with van der Waals surface area (Å²) in [6, 6.07) is 9.48. The van der Waals surface area contributed by atoms with Crippen molar-refractivity contribution in [2.75, 3.05) is 0 Å². The highest BCUT2D eigenvalue weighted by atomic mass is 32.1. The van der Waals surface area contributed by atoms with Gasteiger partial charge in [-0.1, -0.05) is 12.1 Å². The van der Waals surface area contributed by atoms with Crippen LogP contribution in [0.3, 0.4) is 0 Å². The second kappa shape index (κ2) is 7.23. The summed E-state index contributed by atoms with van der Waals surface area (Å²) in [5, 5.41) is 9.34. The van der Waals surface area contributed by atoms with Gasteiger partial charge in [-0.3, -0.25) is 4.79 Å². The molecule has 5 nitrogen and oxygen atoms in total. The Balaban J connectivity index is 1.70. The minimum Gasteiger partial charge on any atom is -0.346 e. The molecule has 1 atom stereocenters. The van der Waals surface area contributed by atoms with Crippen molar-refractivity contribution >= 4 is 23.3 Å². The van der Waals surface area contributed by atoms with Gasteiger partial charge in [0.2, 0.25) is 5.91 Å². The van der Waals surface area contributed by atoms with Crippen LogP contribution in [0.1, 0.15) is 29.1 Å². The van der Waals surface area contributed by atoms with E-state index in [4.69, 9.17) is 0 Å². The van der Waals surface area contributed by atoms with E-state index in [-0.39, 0.29) is 11.9 Å². The lowest BCUT2D eigenvalue weighted by atomic mass is 10.1. The molecule has 1 amide bonds. The maximum atomic E-state index is 12.1. The van der Waals surface area contributed by atoms with Crippen molar-refractivity contribution < 1.29 is 4.79 Å². The topological polar surface area (TPSA) is 59.8 Å². The van der Waals surface area contributed by atoms with Gasteiger partial charge in [0.25, 0.3) is 0 Å². The molecule has 0 aromatic carbocycles. The van der Waals surface area contributed by atoms with Gasteiger partial charge in [-0.05, 0) is 43.5 Å². The summed E-state index contributed by atoms with van der Waals surface area (Å²) in [6.45, 7) is 3.92. The van der Waals surface area contributed by atoms with Crippen LogP contribution in [0.2, 0.25) is 0 Å². The Bertz CT molecular complexity index is 837. The first-order valence-corrected chi connectivity index (χ1v) is 8.51. The Morgan fingerprint density at radius 2 is 2.21 bits per heavy atom. The lowest BCUT2D eigenvalue weighted by Gasteiger charge is -2.12. The molecular weight excluding hydrogens is 320 g/mol. The van der Waals surface area contributed by atoms with Crippen LogP contribution < -0.4 is 5.32 Å². The molecule has 3 aromatic rings. The Kier molecular flexibility index (Phi) is 4.86. The maximum absolute atomic E-state index is 12.1. The zero-order chi connectivity index (χ0) is 16.9. The van der Waals surface area contributed by atoms with E-state index in [1.807, 2.05) is 55.6 Å². The monoisotopic (exact) mass is 338 g/mol. The number of hydrogen-bond donors (Lipinski definition) is 1. The van der Waals surface area contributed by atoms with Gasteiger partial charge in [0.05, 0.1) is 12.2 Å². The number of hydrogen-bond acceptors (Lipinski definition) is 4. The van der Waals surface area contributed by atoms with Crippen molar-refractivity contribution in [1.82, 2.24) is 20.1 Å². The third-order valence-electron chi connectivity index (χ3n) is 3.68. The molecule has 0 spiro atoms. The van der Waals surface area contributed by atoms with E-state index in [1.54, 1.807) is 34.5 Å². The predicted octanol–water partition coefficient (Wildman–Crippen LogP) is 3.53. The smallest absolute Gasteiger partial charge is 0.244 e. The number of rotatable bonds is 5. The normalized spacial score (nSPS) is 12.4. The first-order valence-electron chi connectivity index (χ1n) is 7.63. The number of amides is 1. The SMILES string of the molecule is Cc1c([C@H](C)NC(=O)/C=C/c2cccs2)cnn1-c1ccccn1. The zero-order valence-electron chi connectivity index (χ0n) is 13.5. The first kappa shape index (κ1) is 16.1. The summed E-state index contributed by atoms with van der Waals surface area (Å²) in [6.07, 6.45) is 6.88. The van der Waals surface area contributed by atoms with Crippen molar-refractivity contribution in [2.45, 2.75) is 19.9 Å². The quantitative estimate of drug-likeness (QED) is 0.724. The van der Waals surface area contributed by atoms with Crippen molar-refractivity contribution in [3.63, 3.8) is 0 Å². The van der Waals surface area contributed by atoms with E-state index in [0.717, 1.165) is 22.0 Å². The summed E-state index contributed by atoms with van der Waals surface area (Å²) in [5.41, 5.74) is 1.93. The average Bonchev–Trinajstić information content (AvgIpc) is 3.23. The molecule has 6 heteroatoms. The van der Waals surface area contributed by atoms with Crippen LogP contribution in [0.25, 0.3) is 11.9 Å². The molecule has 0 aliphatic carbocycles. The molecular formula is C18H18N4OS. The van der Waals surface area contributed by atoms with Gasteiger partial charge in [-0.2, -0.15) is 5.10 Å². The van der Waals surface area contributed by atoms with Crippen LogP contribution in [-0.2, 0) is 4.79 Å². The number of nitrogens with one attached hydrogen (secondary N) is 1. The van der Waals surface area contributed by atoms with E-state index >= 15 is 0 Å². The fraction of sp³-hybridized carbons (Fsp3) is 0.167. The number of carbonyl (C=O) groups is 1. The Morgan fingerprint density at radius 1 is 1.33 bits per heavy atom. The highest BCUT2D eigenvalue weighted by Gasteiger charge is 2.15. The number of thiophene rings is 1. The van der Waals surface area contributed by atoms with Crippen molar-refractivity contribution in [2.24, 2.45) is 0 Å². The molecule has 24 heavy (non-hydrogen) atoms. The van der Waals surface area contributed by atoms with Gasteiger partial charge in [0.1, 0.15) is 0 Å². The minimum absolute atomic E-state index is 0.124. The summed E-state index contributed by atoms with van der Waals surface area (Å²) >= 11 is 1.60. The van der Waals surface area contributed by atoms with Gasteiger partial charge in [0.15, 0.2) is 5.82 Å². The Hall–Kier alpha value is -2.73. The molecule has 0 radical (unpaired) electrons. The molecule has 0 saturated carbocycles. The number of pyridine rings is 1. The van der Waals surface area contributed by atoms with E-state index in [9.17, 15) is 4.79 Å². The molecule has 0 fully saturated rings. The number of nitrogens with zero attached hydrogens (tertiary/aromatic N) is 3. The van der Waals surface area contributed by atoms with Crippen LogP contribution in [0.15, 0.2) is 54.2 Å². The number of carbonyl (C=O) groups excluding carboxylic acids is 1. The molecule has 122 valence electrons. The van der Waals surface area contributed by atoms with Crippen LogP contribution in [-0.4, -0.2) is 20.7 Å². The zero-order valence-corrected chi connectivity index (χ0v) is 14.3. The number of aromatic nitrogens is 3. The lowest BCUT2D eigenvalue weighted by Crippen LogP contribution is -2.25. The first-order chi connectivity index (χ1) is 11.6. The largest absolute Gasteiger partial charge is 0.346 e. The minimum atomic E-state index is -0.136. The fourth-order valence-electron chi connectivity index (χ4n) is 2.44. The van der Waals surface area contributed by atoms with Crippen LogP contribution in [0.5, 0.6) is 0 Å². The van der Waals surface area contributed by atoms with Gasteiger partial charge >= 0.3 is 0 Å². The Labute approximate surface area is 144 Å². The van der Waals surface area contributed by atoms with Gasteiger partial charge in [0, 0.05) is 28.4 Å². The maximum Gasteiger partial charge on any atom is 0.244 e. The molecule has 0 saturated heterocycles. The molecule has 0 aliphatic rings. The van der Waals surface area contributed by atoms with Crippen molar-refractivity contribution in [3.8, 4) is 5.82 Å². The molecule has 1 N–H and O–H groups in total. The van der Waals surface area contributed by atoms with E-state index in [2.05, 4.69) is 15.4 Å². The molecule has 0 unspecified atom stereocenters. The standard InChI is InChI=1S/C18H18N4OS/c1-13(21-18(23)9-8-15-6-5-11-24-15)16-12-20-22(14(16)2)17-7-3-4-10-19-17/h3-13H,1-2H3,(H,21,23)/b9-8+/t13-/m0/s1. The molecule has 3 rings (SSSR count). The molecule has 3 heterocycles. The lowest BCUT2D eigenvalue weighted by molar-refractivity contribution is -0.117. The van der Waals surface area contributed by atoms with Crippen LogP contribution in [0.4, 0.5) is 0 Å². The summed E-state index contributed by atoms with van der Waals surface area (Å²) < 4.78 is 1.78. The van der Waals surface area contributed by atoms with E-state index < -0.39 is 0 Å². The van der Waals surface area contributed by atoms with E-state index in [0.29, 0.717) is 0 Å². The summed E-state index contributed by atoms with van der Waals surface area (Å²) in [4.78, 5) is 17.4. The molecule has 0 aliphatic heterocycles. The average molecular weight is 338 g/mol. The fourth-order valence-corrected chi connectivity index (χ4v) is 3.06. The second-order valence-electron chi connectivity index (χ2n) is 5.36. The van der Waals surface area contributed by atoms with Gasteiger partial charge in [-0.15, -0.1) is 11.3 Å². The highest BCUT2D eigenvalue weighted by Crippen LogP contribution is 2.19. The van der Waals surface area contributed by atoms with Gasteiger partial charge in [-0.25, -0.2) is 9.67 Å². The second-order valence-corrected chi connectivity index (χ2v) is 6.34. The van der Waals surface area contributed by atoms with Crippen molar-refractivity contribution in [3.05, 3.63) is 70.3 Å². The van der Waals surface area contributed by atoms with Gasteiger partial charge < -0.3 is 5.32 Å². The molecule has 0 bridgehead atoms. The summed E-state index contributed by atoms with van der Waals surface area (Å²) in [7, 11) is 0. The molecule has 3 aromatic heterocycles. The third kappa shape index (κ3) is 3.60. The van der Waals surface area contributed by atoms with Crippen LogP contribution in [0, 0.1) is 6.92 Å². The van der Waals surface area contributed by atoms with Crippen LogP contribution >= 0.6 is 11.3 Å². The predicted molar refractivity (Wildman–Crippen MR) is 96.0 cm³/mol. The third-order valence-corrected chi connectivity index (χ3v) is 4.52. The van der Waals surface area contributed by atoms with Crippen molar-refractivity contribution in [1.29, 1.82) is 0 Å². The Morgan fingerprint density at radius 3 is 2.92 bits per heavy atom. The van der Waals surface area contributed by atoms with E-state index in [1.165, 1.54) is 0 Å². The highest BCUT2D eigenvalue weighted by molar-refractivity contribution is 7.10.